The summed E-state index contributed by atoms with van der Waals surface area (Å²) >= 11 is 0. The minimum Gasteiger partial charge on any atom is -0.493 e. The second-order valence-electron chi connectivity index (χ2n) is 7.90. The molecule has 0 saturated carbocycles. The molecule has 1 N–H and O–H groups in total. The van der Waals surface area contributed by atoms with Crippen LogP contribution in [-0.4, -0.2) is 50.7 Å². The number of nitrogens with zero attached hydrogens (tertiary/aromatic N) is 6. The van der Waals surface area contributed by atoms with E-state index in [1.165, 1.54) is 0 Å². The number of ether oxygens (including phenoxy) is 2. The fourth-order valence-electron chi connectivity index (χ4n) is 4.37. The Labute approximate surface area is 180 Å². The Balaban J connectivity index is 1.63. The molecule has 0 amide bonds. The third-order valence-electron chi connectivity index (χ3n) is 5.97. The van der Waals surface area contributed by atoms with Crippen molar-refractivity contribution in [2.75, 3.05) is 25.7 Å². The van der Waals surface area contributed by atoms with Crippen LogP contribution in [0.15, 0.2) is 30.6 Å². The van der Waals surface area contributed by atoms with Gasteiger partial charge in [-0.3, -0.25) is 0 Å². The first-order chi connectivity index (χ1) is 15.0. The molecule has 9 nitrogen and oxygen atoms in total. The van der Waals surface area contributed by atoms with E-state index in [2.05, 4.69) is 44.3 Å². The molecule has 1 fully saturated rings. The van der Waals surface area contributed by atoms with Crippen molar-refractivity contribution >= 4 is 16.7 Å². The molecule has 159 valence electrons. The summed E-state index contributed by atoms with van der Waals surface area (Å²) in [6.45, 7) is 5.06. The zero-order valence-electron chi connectivity index (χ0n) is 18.0. The van der Waals surface area contributed by atoms with E-state index in [0.29, 0.717) is 11.5 Å². The molecule has 31 heavy (non-hydrogen) atoms. The van der Waals surface area contributed by atoms with Crippen LogP contribution in [0.25, 0.3) is 16.7 Å². The summed E-state index contributed by atoms with van der Waals surface area (Å²) in [5.41, 5.74) is 4.00. The number of pyridine rings is 1. The van der Waals surface area contributed by atoms with Crippen molar-refractivity contribution in [3.05, 3.63) is 48.3 Å². The fraction of sp³-hybridized carbons (Fsp3) is 0.364. The number of hydrogen-bond donors (Lipinski definition) is 1. The van der Waals surface area contributed by atoms with E-state index < -0.39 is 0 Å². The van der Waals surface area contributed by atoms with Gasteiger partial charge >= 0.3 is 0 Å². The highest BCUT2D eigenvalue weighted by molar-refractivity contribution is 5.80. The van der Waals surface area contributed by atoms with E-state index in [0.717, 1.165) is 53.3 Å². The predicted octanol–water partition coefficient (Wildman–Crippen LogP) is 3.18. The first kappa shape index (κ1) is 19.3. The first-order valence-electron chi connectivity index (χ1n) is 10.2. The molecular formula is C22H24N7O2. The second-order valence-corrected chi connectivity index (χ2v) is 7.90. The van der Waals surface area contributed by atoms with Crippen molar-refractivity contribution in [2.45, 2.75) is 32.2 Å². The van der Waals surface area contributed by atoms with Gasteiger partial charge in [-0.2, -0.15) is 10.2 Å². The molecule has 4 aromatic rings. The number of nitrogens with one attached hydrogen (secondary N) is 1. The van der Waals surface area contributed by atoms with Gasteiger partial charge in [-0.1, -0.05) is 0 Å². The summed E-state index contributed by atoms with van der Waals surface area (Å²) in [6.07, 6.45) is 8.41. The smallest absolute Gasteiger partial charge is 0.163 e. The monoisotopic (exact) mass is 418 g/mol. The maximum Gasteiger partial charge on any atom is 0.163 e. The van der Waals surface area contributed by atoms with Crippen LogP contribution >= 0.6 is 0 Å². The van der Waals surface area contributed by atoms with Crippen LogP contribution in [0, 0.1) is 13.1 Å². The highest BCUT2D eigenvalue weighted by Crippen LogP contribution is 2.43. The highest BCUT2D eigenvalue weighted by atomic mass is 16.5. The number of anilines is 1. The van der Waals surface area contributed by atoms with Crippen LogP contribution in [0.2, 0.25) is 0 Å². The Bertz CT molecular complexity index is 1190. The molecular weight excluding hydrogens is 394 g/mol. The quantitative estimate of drug-likeness (QED) is 0.532. The van der Waals surface area contributed by atoms with Crippen LogP contribution in [0.3, 0.4) is 0 Å². The molecule has 1 aliphatic heterocycles. The number of benzene rings is 1. The lowest BCUT2D eigenvalue weighted by molar-refractivity contribution is 0.356. The molecule has 0 bridgehead atoms. The maximum absolute atomic E-state index is 5.45. The zero-order valence-corrected chi connectivity index (χ0v) is 18.0. The van der Waals surface area contributed by atoms with E-state index in [4.69, 9.17) is 14.5 Å². The van der Waals surface area contributed by atoms with E-state index in [1.54, 1.807) is 31.4 Å². The number of methoxy groups -OCH3 is 2. The Kier molecular flexibility index (Phi) is 4.53. The van der Waals surface area contributed by atoms with Gasteiger partial charge in [0, 0.05) is 24.4 Å². The van der Waals surface area contributed by atoms with Crippen LogP contribution in [0.4, 0.5) is 5.69 Å². The van der Waals surface area contributed by atoms with Gasteiger partial charge in [0.2, 0.25) is 0 Å². The molecule has 0 unspecified atom stereocenters. The molecule has 3 aromatic heterocycles. The summed E-state index contributed by atoms with van der Waals surface area (Å²) in [7, 11) is 3.26. The van der Waals surface area contributed by atoms with Gasteiger partial charge in [-0.05, 0) is 32.8 Å². The summed E-state index contributed by atoms with van der Waals surface area (Å²) in [6, 6.07) is 5.89. The SMILES string of the molecule is COc1cc2nc([C@]3(C)CCCN3c3cc(C)n[c]c3-n3nccn3)[nH]c2cc1OC. The van der Waals surface area contributed by atoms with E-state index in [1.807, 2.05) is 19.1 Å². The van der Waals surface area contributed by atoms with E-state index in [-0.39, 0.29) is 5.54 Å². The Hall–Kier alpha value is -3.62. The number of aromatic amines is 1. The van der Waals surface area contributed by atoms with Crippen molar-refractivity contribution in [3.8, 4) is 17.2 Å². The largest absolute Gasteiger partial charge is 0.493 e. The van der Waals surface area contributed by atoms with Crippen LogP contribution in [-0.2, 0) is 5.54 Å². The number of hydrogen-bond acceptors (Lipinski definition) is 7. The van der Waals surface area contributed by atoms with Crippen LogP contribution < -0.4 is 14.4 Å². The molecule has 0 aliphatic carbocycles. The Morgan fingerprint density at radius 2 is 1.84 bits per heavy atom. The average molecular weight is 418 g/mol. The highest BCUT2D eigenvalue weighted by Gasteiger charge is 2.42. The standard InChI is InChI=1S/C22H24N7O2/c1-14-10-17(18(13-23-14)29-24-7-8-25-29)28-9-5-6-22(28,2)21-26-15-11-19(30-3)20(31-4)12-16(15)27-21/h7-8,10-12H,5-6,9H2,1-4H3,(H,26,27)/t22-/m0/s1. The van der Waals surface area contributed by atoms with Crippen molar-refractivity contribution in [2.24, 2.45) is 0 Å². The summed E-state index contributed by atoms with van der Waals surface area (Å²) in [5, 5.41) is 8.60. The van der Waals surface area contributed by atoms with Crippen molar-refractivity contribution in [3.63, 3.8) is 0 Å². The van der Waals surface area contributed by atoms with Gasteiger partial charge in [-0.15, -0.1) is 4.80 Å². The molecule has 1 radical (unpaired) electrons. The zero-order chi connectivity index (χ0) is 21.6. The maximum atomic E-state index is 5.45. The van der Waals surface area contributed by atoms with Gasteiger partial charge in [0.05, 0.1) is 48.9 Å². The number of H-pyrrole nitrogens is 1. The topological polar surface area (TPSA) is 94.0 Å². The molecule has 1 atom stereocenters. The van der Waals surface area contributed by atoms with Gasteiger partial charge in [0.15, 0.2) is 11.5 Å². The van der Waals surface area contributed by atoms with E-state index >= 15 is 0 Å². The minimum atomic E-state index is -0.344. The molecule has 4 heterocycles. The lowest BCUT2D eigenvalue weighted by Crippen LogP contribution is -2.40. The lowest BCUT2D eigenvalue weighted by atomic mass is 9.97. The third kappa shape index (κ3) is 3.08. The number of imidazole rings is 1. The lowest BCUT2D eigenvalue weighted by Gasteiger charge is -2.36. The Morgan fingerprint density at radius 3 is 2.58 bits per heavy atom. The van der Waals surface area contributed by atoms with Crippen molar-refractivity contribution in [1.82, 2.24) is 29.9 Å². The molecule has 9 heteroatoms. The summed E-state index contributed by atoms with van der Waals surface area (Å²) < 4.78 is 10.9. The molecule has 5 rings (SSSR count). The van der Waals surface area contributed by atoms with Gasteiger partial charge < -0.3 is 19.4 Å². The first-order valence-corrected chi connectivity index (χ1v) is 10.2. The number of aryl methyl sites for hydroxylation is 1. The summed E-state index contributed by atoms with van der Waals surface area (Å²) in [5.74, 6) is 2.22. The number of rotatable bonds is 5. The predicted molar refractivity (Wildman–Crippen MR) is 116 cm³/mol. The molecule has 1 saturated heterocycles. The Morgan fingerprint density at radius 1 is 1.10 bits per heavy atom. The molecule has 1 aliphatic rings. The number of fused-ring (bicyclic) bond motifs is 1. The van der Waals surface area contributed by atoms with Gasteiger partial charge in [-0.25, -0.2) is 9.97 Å². The van der Waals surface area contributed by atoms with Crippen molar-refractivity contribution in [1.29, 1.82) is 0 Å². The van der Waals surface area contributed by atoms with Crippen LogP contribution in [0.5, 0.6) is 11.5 Å². The normalized spacial score (nSPS) is 18.6. The van der Waals surface area contributed by atoms with E-state index in [9.17, 15) is 0 Å². The third-order valence-corrected chi connectivity index (χ3v) is 5.97. The van der Waals surface area contributed by atoms with Gasteiger partial charge in [0.1, 0.15) is 17.7 Å². The molecule has 1 aromatic carbocycles. The summed E-state index contributed by atoms with van der Waals surface area (Å²) in [4.78, 5) is 16.7. The van der Waals surface area contributed by atoms with Gasteiger partial charge in [0.25, 0.3) is 0 Å². The fourth-order valence-corrected chi connectivity index (χ4v) is 4.37. The molecule has 0 spiro atoms. The number of aromatic nitrogens is 6. The average Bonchev–Trinajstić information content (AvgIpc) is 3.52. The second kappa shape index (κ2) is 7.26. The van der Waals surface area contributed by atoms with Crippen molar-refractivity contribution < 1.29 is 9.47 Å². The minimum absolute atomic E-state index is 0.344. The van der Waals surface area contributed by atoms with Crippen LogP contribution in [0.1, 0.15) is 31.3 Å².